The molecule has 0 radical (unpaired) electrons. The highest BCUT2D eigenvalue weighted by atomic mass is 35.5. The molecule has 0 aromatic carbocycles. The van der Waals surface area contributed by atoms with Gasteiger partial charge in [0.05, 0.1) is 10.4 Å². The van der Waals surface area contributed by atoms with Crippen LogP contribution in [0.4, 0.5) is 0 Å². The van der Waals surface area contributed by atoms with Crippen molar-refractivity contribution in [3.8, 4) is 0 Å². The van der Waals surface area contributed by atoms with Crippen LogP contribution in [-0.2, 0) is 11.2 Å². The highest BCUT2D eigenvalue weighted by molar-refractivity contribution is 7.16. The van der Waals surface area contributed by atoms with Gasteiger partial charge in [-0.3, -0.25) is 10.1 Å². The third-order valence-electron chi connectivity index (χ3n) is 3.04. The minimum absolute atomic E-state index is 0.0577. The third kappa shape index (κ3) is 2.81. The molecule has 0 fully saturated rings. The van der Waals surface area contributed by atoms with Crippen molar-refractivity contribution in [3.05, 3.63) is 20.8 Å². The van der Waals surface area contributed by atoms with Gasteiger partial charge in [0, 0.05) is 17.5 Å². The zero-order chi connectivity index (χ0) is 12.4. The van der Waals surface area contributed by atoms with Crippen molar-refractivity contribution in [1.82, 2.24) is 10.6 Å². The first-order valence-electron chi connectivity index (χ1n) is 5.93. The Bertz CT molecular complexity index is 419. The SMILES string of the molecule is CCNC(=O)C(C)NC1CCc2sc(Cl)cc21. The zero-order valence-electron chi connectivity index (χ0n) is 10.0. The predicted octanol–water partition coefficient (Wildman–Crippen LogP) is 2.50. The van der Waals surface area contributed by atoms with Crippen LogP contribution in [-0.4, -0.2) is 18.5 Å². The Labute approximate surface area is 111 Å². The molecule has 1 amide bonds. The van der Waals surface area contributed by atoms with Crippen molar-refractivity contribution in [2.24, 2.45) is 0 Å². The van der Waals surface area contributed by atoms with Gasteiger partial charge in [0.25, 0.3) is 0 Å². The van der Waals surface area contributed by atoms with Gasteiger partial charge >= 0.3 is 0 Å². The monoisotopic (exact) mass is 272 g/mol. The van der Waals surface area contributed by atoms with Crippen molar-refractivity contribution in [2.75, 3.05) is 6.54 Å². The number of fused-ring (bicyclic) bond motifs is 1. The van der Waals surface area contributed by atoms with E-state index in [2.05, 4.69) is 10.6 Å². The highest BCUT2D eigenvalue weighted by Crippen LogP contribution is 2.39. The molecule has 2 atom stereocenters. The van der Waals surface area contributed by atoms with Gasteiger partial charge in [-0.25, -0.2) is 0 Å². The minimum Gasteiger partial charge on any atom is -0.355 e. The van der Waals surface area contributed by atoms with E-state index in [1.54, 1.807) is 11.3 Å². The summed E-state index contributed by atoms with van der Waals surface area (Å²) in [6.07, 6.45) is 2.12. The van der Waals surface area contributed by atoms with Crippen LogP contribution in [0.5, 0.6) is 0 Å². The van der Waals surface area contributed by atoms with E-state index in [1.165, 1.54) is 10.4 Å². The lowest BCUT2D eigenvalue weighted by Crippen LogP contribution is -2.43. The molecular formula is C12H17ClN2OS. The van der Waals surface area contributed by atoms with Crippen LogP contribution in [0, 0.1) is 0 Å². The van der Waals surface area contributed by atoms with E-state index in [-0.39, 0.29) is 18.0 Å². The number of carbonyl (C=O) groups is 1. The van der Waals surface area contributed by atoms with Crippen molar-refractivity contribution < 1.29 is 4.79 Å². The molecule has 0 saturated carbocycles. The second-order valence-electron chi connectivity index (χ2n) is 4.30. The molecular weight excluding hydrogens is 256 g/mol. The van der Waals surface area contributed by atoms with Gasteiger partial charge in [0.15, 0.2) is 0 Å². The average molecular weight is 273 g/mol. The van der Waals surface area contributed by atoms with Crippen LogP contribution in [0.25, 0.3) is 0 Å². The maximum absolute atomic E-state index is 11.7. The van der Waals surface area contributed by atoms with Crippen LogP contribution in [0.2, 0.25) is 4.34 Å². The van der Waals surface area contributed by atoms with Gasteiger partial charge in [0.2, 0.25) is 5.91 Å². The Hall–Kier alpha value is -0.580. The topological polar surface area (TPSA) is 41.1 Å². The van der Waals surface area contributed by atoms with Crippen LogP contribution in [0.15, 0.2) is 6.07 Å². The largest absolute Gasteiger partial charge is 0.355 e. The van der Waals surface area contributed by atoms with Gasteiger partial charge < -0.3 is 5.32 Å². The lowest BCUT2D eigenvalue weighted by Gasteiger charge is -2.19. The molecule has 94 valence electrons. The van der Waals surface area contributed by atoms with Crippen LogP contribution in [0.1, 0.15) is 36.8 Å². The average Bonchev–Trinajstić information content (AvgIpc) is 2.79. The Morgan fingerprint density at radius 2 is 2.47 bits per heavy atom. The number of amides is 1. The Morgan fingerprint density at radius 3 is 3.18 bits per heavy atom. The smallest absolute Gasteiger partial charge is 0.236 e. The molecule has 1 heterocycles. The van der Waals surface area contributed by atoms with Crippen LogP contribution in [0.3, 0.4) is 0 Å². The molecule has 2 rings (SSSR count). The van der Waals surface area contributed by atoms with Gasteiger partial charge in [-0.05, 0) is 38.3 Å². The van der Waals surface area contributed by atoms with Gasteiger partial charge in [0.1, 0.15) is 0 Å². The fourth-order valence-corrected chi connectivity index (χ4v) is 3.57. The van der Waals surface area contributed by atoms with Crippen molar-refractivity contribution in [2.45, 2.75) is 38.8 Å². The Kier molecular flexibility index (Phi) is 4.07. The lowest BCUT2D eigenvalue weighted by atomic mass is 10.1. The maximum Gasteiger partial charge on any atom is 0.236 e. The molecule has 3 nitrogen and oxygen atoms in total. The predicted molar refractivity (Wildman–Crippen MR) is 71.7 cm³/mol. The number of thiophene rings is 1. The van der Waals surface area contributed by atoms with E-state index >= 15 is 0 Å². The molecule has 0 spiro atoms. The summed E-state index contributed by atoms with van der Waals surface area (Å²) in [5.74, 6) is 0.0577. The molecule has 2 unspecified atom stereocenters. The minimum atomic E-state index is -0.162. The van der Waals surface area contributed by atoms with Gasteiger partial charge in [-0.15, -0.1) is 11.3 Å². The van der Waals surface area contributed by atoms with E-state index in [9.17, 15) is 4.79 Å². The number of halogens is 1. The molecule has 5 heteroatoms. The lowest BCUT2D eigenvalue weighted by molar-refractivity contribution is -0.122. The Morgan fingerprint density at radius 1 is 1.71 bits per heavy atom. The summed E-state index contributed by atoms with van der Waals surface area (Å²) in [7, 11) is 0. The zero-order valence-corrected chi connectivity index (χ0v) is 11.6. The molecule has 0 saturated heterocycles. The molecule has 1 aliphatic carbocycles. The standard InChI is InChI=1S/C12H17ClN2OS/c1-3-14-12(16)7(2)15-9-4-5-10-8(9)6-11(13)17-10/h6-7,9,15H,3-5H2,1-2H3,(H,14,16). The molecule has 1 aliphatic rings. The molecule has 2 N–H and O–H groups in total. The fourth-order valence-electron chi connectivity index (χ4n) is 2.21. The normalized spacial score (nSPS) is 20.1. The first-order chi connectivity index (χ1) is 8.11. The first-order valence-corrected chi connectivity index (χ1v) is 7.13. The quantitative estimate of drug-likeness (QED) is 0.884. The number of rotatable bonds is 4. The number of likely N-dealkylation sites (N-methyl/N-ethyl adjacent to an activating group) is 1. The van der Waals surface area contributed by atoms with Gasteiger partial charge in [-0.1, -0.05) is 11.6 Å². The second-order valence-corrected chi connectivity index (χ2v) is 6.07. The van der Waals surface area contributed by atoms with Crippen molar-refractivity contribution in [3.63, 3.8) is 0 Å². The summed E-state index contributed by atoms with van der Waals surface area (Å²) >= 11 is 7.66. The molecule has 17 heavy (non-hydrogen) atoms. The third-order valence-corrected chi connectivity index (χ3v) is 4.38. The number of carbonyl (C=O) groups excluding carboxylic acids is 1. The molecule has 1 aromatic rings. The van der Waals surface area contributed by atoms with E-state index in [0.717, 1.165) is 17.2 Å². The van der Waals surface area contributed by atoms with E-state index in [1.807, 2.05) is 19.9 Å². The summed E-state index contributed by atoms with van der Waals surface area (Å²) in [5.41, 5.74) is 1.27. The Balaban J connectivity index is 1.99. The second kappa shape index (κ2) is 5.38. The number of hydrogen-bond donors (Lipinski definition) is 2. The van der Waals surface area contributed by atoms with E-state index < -0.39 is 0 Å². The summed E-state index contributed by atoms with van der Waals surface area (Å²) in [5, 5.41) is 6.19. The molecule has 1 aromatic heterocycles. The fraction of sp³-hybridized carbons (Fsp3) is 0.583. The maximum atomic E-state index is 11.7. The molecule has 0 aliphatic heterocycles. The van der Waals surface area contributed by atoms with Crippen LogP contribution >= 0.6 is 22.9 Å². The summed E-state index contributed by atoms with van der Waals surface area (Å²) in [6.45, 7) is 4.50. The number of nitrogens with one attached hydrogen (secondary N) is 2. The van der Waals surface area contributed by atoms with Crippen molar-refractivity contribution in [1.29, 1.82) is 0 Å². The molecule has 0 bridgehead atoms. The number of aryl methyl sites for hydroxylation is 1. The van der Waals surface area contributed by atoms with E-state index in [0.29, 0.717) is 6.54 Å². The summed E-state index contributed by atoms with van der Waals surface area (Å²) in [6, 6.07) is 2.13. The van der Waals surface area contributed by atoms with Crippen LogP contribution < -0.4 is 10.6 Å². The first kappa shape index (κ1) is 12.9. The van der Waals surface area contributed by atoms with E-state index in [4.69, 9.17) is 11.6 Å². The highest BCUT2D eigenvalue weighted by Gasteiger charge is 2.27. The van der Waals surface area contributed by atoms with Crippen molar-refractivity contribution >= 4 is 28.8 Å². The van der Waals surface area contributed by atoms with Gasteiger partial charge in [-0.2, -0.15) is 0 Å². The number of hydrogen-bond acceptors (Lipinski definition) is 3. The summed E-state index contributed by atoms with van der Waals surface area (Å²) < 4.78 is 0.840. The summed E-state index contributed by atoms with van der Waals surface area (Å²) in [4.78, 5) is 13.0.